The van der Waals surface area contributed by atoms with Gasteiger partial charge in [-0.2, -0.15) is 0 Å². The summed E-state index contributed by atoms with van der Waals surface area (Å²) < 4.78 is 0. The normalized spacial score (nSPS) is 24.1. The van der Waals surface area contributed by atoms with E-state index in [1.165, 1.54) is 11.8 Å². The molecule has 0 spiro atoms. The summed E-state index contributed by atoms with van der Waals surface area (Å²) in [6.07, 6.45) is 5.21. The van der Waals surface area contributed by atoms with Crippen LogP contribution in [0.25, 0.3) is 0 Å². The highest BCUT2D eigenvalue weighted by atomic mass is 16.2. The van der Waals surface area contributed by atoms with Crippen molar-refractivity contribution in [2.24, 2.45) is 11.8 Å². The van der Waals surface area contributed by atoms with Crippen LogP contribution in [0.1, 0.15) is 19.8 Å². The predicted octanol–water partition coefficient (Wildman–Crippen LogP) is 2.10. The van der Waals surface area contributed by atoms with Crippen LogP contribution in [-0.2, 0) is 14.4 Å². The Balaban J connectivity index is 1.85. The summed E-state index contributed by atoms with van der Waals surface area (Å²) in [5.74, 6) is -0.855. The Morgan fingerprint density at radius 3 is 2.05 bits per heavy atom. The predicted molar refractivity (Wildman–Crippen MR) is 78.6 cm³/mol. The highest BCUT2D eigenvalue weighted by Crippen LogP contribution is 2.37. The minimum Gasteiger partial charge on any atom is -0.326 e. The van der Waals surface area contributed by atoms with E-state index in [9.17, 15) is 14.4 Å². The van der Waals surface area contributed by atoms with Gasteiger partial charge < -0.3 is 5.32 Å². The molecule has 1 heterocycles. The van der Waals surface area contributed by atoms with Gasteiger partial charge in [-0.25, -0.2) is 0 Å². The molecule has 1 aromatic rings. The van der Waals surface area contributed by atoms with Crippen molar-refractivity contribution in [2.75, 3.05) is 10.2 Å². The van der Waals surface area contributed by atoms with E-state index in [1.54, 1.807) is 24.3 Å². The first kappa shape index (κ1) is 13.5. The Morgan fingerprint density at radius 1 is 1.05 bits per heavy atom. The fraction of sp³-hybridized carbons (Fsp3) is 0.312. The Hall–Kier alpha value is -2.43. The molecule has 3 rings (SSSR count). The summed E-state index contributed by atoms with van der Waals surface area (Å²) in [6, 6.07) is 6.76. The van der Waals surface area contributed by atoms with Gasteiger partial charge in [0.25, 0.3) is 0 Å². The number of allylic oxidation sites excluding steroid dienone is 2. The highest BCUT2D eigenvalue weighted by molar-refractivity contribution is 6.22. The van der Waals surface area contributed by atoms with Crippen LogP contribution in [0.15, 0.2) is 36.4 Å². The first-order valence-corrected chi connectivity index (χ1v) is 6.98. The van der Waals surface area contributed by atoms with Crippen molar-refractivity contribution in [1.29, 1.82) is 0 Å². The lowest BCUT2D eigenvalue weighted by atomic mass is 9.85. The van der Waals surface area contributed by atoms with Gasteiger partial charge in [-0.15, -0.1) is 0 Å². The maximum atomic E-state index is 12.4. The maximum absolute atomic E-state index is 12.4. The molecule has 5 heteroatoms. The summed E-state index contributed by atoms with van der Waals surface area (Å²) in [5, 5.41) is 2.66. The lowest BCUT2D eigenvalue weighted by Crippen LogP contribution is -2.30. The minimum absolute atomic E-state index is 0.123. The van der Waals surface area contributed by atoms with Gasteiger partial charge in [-0.1, -0.05) is 12.2 Å². The van der Waals surface area contributed by atoms with Gasteiger partial charge in [-0.05, 0) is 37.1 Å². The molecule has 108 valence electrons. The van der Waals surface area contributed by atoms with Crippen molar-refractivity contribution >= 4 is 29.1 Å². The van der Waals surface area contributed by atoms with Crippen molar-refractivity contribution in [3.63, 3.8) is 0 Å². The van der Waals surface area contributed by atoms with Crippen molar-refractivity contribution in [3.8, 4) is 0 Å². The van der Waals surface area contributed by atoms with E-state index in [1.807, 2.05) is 12.2 Å². The summed E-state index contributed by atoms with van der Waals surface area (Å²) in [4.78, 5) is 37.1. The summed E-state index contributed by atoms with van der Waals surface area (Å²) in [5.41, 5.74) is 1.21. The molecule has 1 saturated heterocycles. The molecule has 1 fully saturated rings. The molecule has 1 aliphatic heterocycles. The number of carbonyl (C=O) groups excluding carboxylic acids is 3. The van der Waals surface area contributed by atoms with Crippen molar-refractivity contribution in [2.45, 2.75) is 19.8 Å². The van der Waals surface area contributed by atoms with Crippen LogP contribution in [0, 0.1) is 11.8 Å². The number of fused-ring (bicyclic) bond motifs is 1. The number of nitrogens with one attached hydrogen (secondary N) is 1. The second-order valence-electron chi connectivity index (χ2n) is 5.40. The fourth-order valence-electron chi connectivity index (χ4n) is 2.95. The third-order valence-corrected chi connectivity index (χ3v) is 3.95. The van der Waals surface area contributed by atoms with E-state index >= 15 is 0 Å². The molecule has 2 atom stereocenters. The summed E-state index contributed by atoms with van der Waals surface area (Å²) in [6.45, 7) is 1.43. The second kappa shape index (κ2) is 5.16. The molecule has 1 aromatic carbocycles. The number of benzene rings is 1. The lowest BCUT2D eigenvalue weighted by molar-refractivity contribution is -0.122. The SMILES string of the molecule is CC(=O)Nc1ccc(N2C(=O)[C@H]3CC=CC[C@H]3C2=O)cc1. The quantitative estimate of drug-likeness (QED) is 0.668. The number of imide groups is 1. The van der Waals surface area contributed by atoms with Gasteiger partial charge in [0.2, 0.25) is 17.7 Å². The number of hydrogen-bond acceptors (Lipinski definition) is 3. The number of hydrogen-bond donors (Lipinski definition) is 1. The van der Waals surface area contributed by atoms with E-state index in [0.29, 0.717) is 24.2 Å². The van der Waals surface area contributed by atoms with E-state index in [2.05, 4.69) is 5.32 Å². The molecule has 1 N–H and O–H groups in total. The molecule has 0 saturated carbocycles. The van der Waals surface area contributed by atoms with E-state index < -0.39 is 0 Å². The average Bonchev–Trinajstić information content (AvgIpc) is 2.72. The first-order valence-electron chi connectivity index (χ1n) is 6.98. The van der Waals surface area contributed by atoms with Gasteiger partial charge in [0.15, 0.2) is 0 Å². The molecule has 2 aliphatic rings. The van der Waals surface area contributed by atoms with Crippen LogP contribution in [0.4, 0.5) is 11.4 Å². The molecular weight excluding hydrogens is 268 g/mol. The topological polar surface area (TPSA) is 66.5 Å². The molecule has 0 aromatic heterocycles. The van der Waals surface area contributed by atoms with Crippen LogP contribution in [0.5, 0.6) is 0 Å². The molecule has 1 aliphatic carbocycles. The zero-order valence-electron chi connectivity index (χ0n) is 11.7. The van der Waals surface area contributed by atoms with Gasteiger partial charge in [0, 0.05) is 12.6 Å². The van der Waals surface area contributed by atoms with Crippen LogP contribution in [0.2, 0.25) is 0 Å². The number of nitrogens with zero attached hydrogens (tertiary/aromatic N) is 1. The van der Waals surface area contributed by atoms with E-state index in [-0.39, 0.29) is 29.6 Å². The second-order valence-corrected chi connectivity index (χ2v) is 5.40. The lowest BCUT2D eigenvalue weighted by Gasteiger charge is -2.15. The molecule has 3 amide bonds. The highest BCUT2D eigenvalue weighted by Gasteiger charge is 2.47. The van der Waals surface area contributed by atoms with Crippen LogP contribution in [-0.4, -0.2) is 17.7 Å². The molecule has 5 nitrogen and oxygen atoms in total. The Morgan fingerprint density at radius 2 is 1.57 bits per heavy atom. The largest absolute Gasteiger partial charge is 0.326 e. The van der Waals surface area contributed by atoms with Gasteiger partial charge in [0.1, 0.15) is 0 Å². The molecular formula is C16H16N2O3. The zero-order valence-corrected chi connectivity index (χ0v) is 11.7. The average molecular weight is 284 g/mol. The smallest absolute Gasteiger partial charge is 0.238 e. The Kier molecular flexibility index (Phi) is 3.33. The Bertz CT molecular complexity index is 607. The third kappa shape index (κ3) is 2.35. The molecule has 0 unspecified atom stereocenters. The standard InChI is InChI=1S/C16H16N2O3/c1-10(19)17-11-6-8-12(9-7-11)18-15(20)13-4-2-3-5-14(13)16(18)21/h2-3,6-9,13-14H,4-5H2,1H3,(H,17,19)/t13-,14+. The molecule has 0 radical (unpaired) electrons. The number of rotatable bonds is 2. The van der Waals surface area contributed by atoms with E-state index in [4.69, 9.17) is 0 Å². The van der Waals surface area contributed by atoms with Crippen molar-refractivity contribution in [3.05, 3.63) is 36.4 Å². The molecule has 21 heavy (non-hydrogen) atoms. The van der Waals surface area contributed by atoms with Crippen LogP contribution < -0.4 is 10.2 Å². The Labute approximate surface area is 122 Å². The third-order valence-electron chi connectivity index (χ3n) is 3.95. The number of carbonyl (C=O) groups is 3. The van der Waals surface area contributed by atoms with E-state index in [0.717, 1.165) is 0 Å². The first-order chi connectivity index (χ1) is 10.1. The van der Waals surface area contributed by atoms with Gasteiger partial charge >= 0.3 is 0 Å². The monoisotopic (exact) mass is 284 g/mol. The van der Waals surface area contributed by atoms with Crippen LogP contribution >= 0.6 is 0 Å². The fourth-order valence-corrected chi connectivity index (χ4v) is 2.95. The van der Waals surface area contributed by atoms with Crippen molar-refractivity contribution < 1.29 is 14.4 Å². The summed E-state index contributed by atoms with van der Waals surface area (Å²) >= 11 is 0. The van der Waals surface area contributed by atoms with Crippen LogP contribution in [0.3, 0.4) is 0 Å². The maximum Gasteiger partial charge on any atom is 0.238 e. The van der Waals surface area contributed by atoms with Gasteiger partial charge in [0.05, 0.1) is 17.5 Å². The number of amides is 3. The number of anilines is 2. The van der Waals surface area contributed by atoms with Gasteiger partial charge in [-0.3, -0.25) is 19.3 Å². The minimum atomic E-state index is -0.225. The zero-order chi connectivity index (χ0) is 15.0. The molecule has 0 bridgehead atoms. The van der Waals surface area contributed by atoms with Crippen molar-refractivity contribution in [1.82, 2.24) is 0 Å². The summed E-state index contributed by atoms with van der Waals surface area (Å²) in [7, 11) is 0.